The number of nitrogens with zero attached hydrogens (tertiary/aromatic N) is 1. The van der Waals surface area contributed by atoms with Crippen LogP contribution < -0.4 is 5.73 Å². The Balaban J connectivity index is 1.92. The van der Waals surface area contributed by atoms with Crippen LogP contribution in [0.4, 0.5) is 0 Å². The van der Waals surface area contributed by atoms with Crippen molar-refractivity contribution in [2.45, 2.75) is 18.9 Å². The number of hydrogen-bond donors (Lipinski definition) is 1. The third kappa shape index (κ3) is 2.59. The lowest BCUT2D eigenvalue weighted by atomic mass is 10.0. The number of carbonyl (C=O) groups is 1. The van der Waals surface area contributed by atoms with Crippen LogP contribution in [0.3, 0.4) is 0 Å². The van der Waals surface area contributed by atoms with Gasteiger partial charge in [0.2, 0.25) is 5.91 Å². The van der Waals surface area contributed by atoms with Gasteiger partial charge >= 0.3 is 0 Å². The Hall–Kier alpha value is -1.39. The van der Waals surface area contributed by atoms with Gasteiger partial charge in [0.15, 0.2) is 0 Å². The Kier molecular flexibility index (Phi) is 3.54. The summed E-state index contributed by atoms with van der Waals surface area (Å²) in [6.45, 7) is 1.31. The number of hydrogen-bond acceptors (Lipinski definition) is 3. The number of hydroxylamine groups is 2. The van der Waals surface area contributed by atoms with E-state index in [2.05, 4.69) is 0 Å². The number of amides is 1. The zero-order valence-electron chi connectivity index (χ0n) is 9.13. The maximum atomic E-state index is 11.7. The Morgan fingerprint density at radius 1 is 1.44 bits per heavy atom. The number of benzene rings is 1. The van der Waals surface area contributed by atoms with Gasteiger partial charge in [0, 0.05) is 12.5 Å². The summed E-state index contributed by atoms with van der Waals surface area (Å²) in [5.74, 6) is -0.0335. The molecule has 1 amide bonds. The first-order valence-electron chi connectivity index (χ1n) is 5.51. The fourth-order valence-corrected chi connectivity index (χ4v) is 1.75. The molecule has 1 aliphatic heterocycles. The number of nitrogens with two attached hydrogens (primary N) is 1. The normalized spacial score (nSPS) is 17.4. The van der Waals surface area contributed by atoms with Crippen molar-refractivity contribution < 1.29 is 9.63 Å². The van der Waals surface area contributed by atoms with Gasteiger partial charge in [0.25, 0.3) is 0 Å². The van der Waals surface area contributed by atoms with Crippen molar-refractivity contribution >= 4 is 5.91 Å². The Bertz CT molecular complexity index is 347. The number of rotatable bonds is 3. The van der Waals surface area contributed by atoms with E-state index in [1.54, 1.807) is 0 Å². The zero-order chi connectivity index (χ0) is 11.4. The van der Waals surface area contributed by atoms with Crippen LogP contribution in [0.5, 0.6) is 0 Å². The third-order valence-electron chi connectivity index (χ3n) is 2.65. The average Bonchev–Trinajstić information content (AvgIpc) is 2.83. The smallest absolute Gasteiger partial charge is 0.248 e. The summed E-state index contributed by atoms with van der Waals surface area (Å²) < 4.78 is 0. The monoisotopic (exact) mass is 220 g/mol. The van der Waals surface area contributed by atoms with Crippen LogP contribution in [0.15, 0.2) is 30.3 Å². The summed E-state index contributed by atoms with van der Waals surface area (Å²) in [4.78, 5) is 16.9. The third-order valence-corrected chi connectivity index (χ3v) is 2.65. The molecule has 86 valence electrons. The van der Waals surface area contributed by atoms with E-state index in [0.717, 1.165) is 12.0 Å². The van der Waals surface area contributed by atoms with E-state index in [-0.39, 0.29) is 11.9 Å². The van der Waals surface area contributed by atoms with Crippen molar-refractivity contribution in [1.29, 1.82) is 0 Å². The van der Waals surface area contributed by atoms with Gasteiger partial charge in [-0.05, 0) is 12.0 Å². The van der Waals surface area contributed by atoms with E-state index >= 15 is 0 Å². The Labute approximate surface area is 94.9 Å². The van der Waals surface area contributed by atoms with Gasteiger partial charge in [-0.15, -0.1) is 0 Å². The lowest BCUT2D eigenvalue weighted by Crippen LogP contribution is -2.29. The summed E-state index contributed by atoms with van der Waals surface area (Å²) in [5, 5.41) is 1.42. The zero-order valence-corrected chi connectivity index (χ0v) is 9.13. The van der Waals surface area contributed by atoms with Gasteiger partial charge in [-0.25, -0.2) is 5.06 Å². The first-order chi connectivity index (χ1) is 7.77. The van der Waals surface area contributed by atoms with Crippen LogP contribution in [-0.2, 0) is 9.63 Å². The molecule has 0 aliphatic carbocycles. The fraction of sp³-hybridized carbons (Fsp3) is 0.417. The van der Waals surface area contributed by atoms with Crippen LogP contribution in [0.25, 0.3) is 0 Å². The molecule has 0 radical (unpaired) electrons. The highest BCUT2D eigenvalue weighted by molar-refractivity contribution is 5.76. The lowest BCUT2D eigenvalue weighted by molar-refractivity contribution is -0.169. The SMILES string of the molecule is NC(CC(=O)N1CCCO1)c1ccccc1. The molecule has 1 aromatic rings. The highest BCUT2D eigenvalue weighted by atomic mass is 16.7. The summed E-state index contributed by atoms with van der Waals surface area (Å²) in [6.07, 6.45) is 1.20. The van der Waals surface area contributed by atoms with Crippen molar-refractivity contribution in [2.24, 2.45) is 5.73 Å². The minimum absolute atomic E-state index is 0.0335. The first-order valence-corrected chi connectivity index (χ1v) is 5.51. The Morgan fingerprint density at radius 2 is 2.19 bits per heavy atom. The van der Waals surface area contributed by atoms with Gasteiger partial charge in [-0.2, -0.15) is 0 Å². The van der Waals surface area contributed by atoms with Crippen molar-refractivity contribution in [3.05, 3.63) is 35.9 Å². The molecule has 1 fully saturated rings. The molecule has 1 aliphatic rings. The molecule has 0 bridgehead atoms. The van der Waals surface area contributed by atoms with Gasteiger partial charge in [0.05, 0.1) is 13.2 Å². The topological polar surface area (TPSA) is 55.6 Å². The van der Waals surface area contributed by atoms with Crippen molar-refractivity contribution in [3.63, 3.8) is 0 Å². The van der Waals surface area contributed by atoms with Crippen LogP contribution in [0, 0.1) is 0 Å². The van der Waals surface area contributed by atoms with Crippen LogP contribution in [-0.4, -0.2) is 24.1 Å². The molecule has 0 spiro atoms. The second kappa shape index (κ2) is 5.09. The lowest BCUT2D eigenvalue weighted by Gasteiger charge is -2.17. The Morgan fingerprint density at radius 3 is 2.81 bits per heavy atom. The molecule has 2 N–H and O–H groups in total. The van der Waals surface area contributed by atoms with Crippen LogP contribution >= 0.6 is 0 Å². The number of carbonyl (C=O) groups excluding carboxylic acids is 1. The molecule has 1 unspecified atom stereocenters. The maximum Gasteiger partial charge on any atom is 0.248 e. The summed E-state index contributed by atoms with van der Waals surface area (Å²) >= 11 is 0. The van der Waals surface area contributed by atoms with Gasteiger partial charge in [-0.3, -0.25) is 9.63 Å². The summed E-state index contributed by atoms with van der Waals surface area (Å²) in [7, 11) is 0. The minimum atomic E-state index is -0.252. The largest absolute Gasteiger partial charge is 0.324 e. The van der Waals surface area contributed by atoms with E-state index < -0.39 is 0 Å². The van der Waals surface area contributed by atoms with E-state index in [1.165, 1.54) is 5.06 Å². The van der Waals surface area contributed by atoms with E-state index in [0.29, 0.717) is 19.6 Å². The second-order valence-corrected chi connectivity index (χ2v) is 3.90. The van der Waals surface area contributed by atoms with E-state index in [1.807, 2.05) is 30.3 Å². The summed E-state index contributed by atoms with van der Waals surface area (Å²) in [5.41, 5.74) is 6.94. The second-order valence-electron chi connectivity index (χ2n) is 3.90. The van der Waals surface area contributed by atoms with Gasteiger partial charge in [-0.1, -0.05) is 30.3 Å². The molecule has 0 saturated carbocycles. The van der Waals surface area contributed by atoms with Crippen molar-refractivity contribution in [3.8, 4) is 0 Å². The molecule has 4 nitrogen and oxygen atoms in total. The van der Waals surface area contributed by atoms with E-state index in [9.17, 15) is 4.79 Å². The first kappa shape index (κ1) is 11.1. The summed E-state index contributed by atoms with van der Waals surface area (Å²) in [6, 6.07) is 9.39. The van der Waals surface area contributed by atoms with Gasteiger partial charge < -0.3 is 5.73 Å². The predicted molar refractivity (Wildman–Crippen MR) is 60.3 cm³/mol. The highest BCUT2D eigenvalue weighted by Crippen LogP contribution is 2.16. The molecule has 2 rings (SSSR count). The van der Waals surface area contributed by atoms with Crippen LogP contribution in [0.1, 0.15) is 24.4 Å². The predicted octanol–water partition coefficient (Wildman–Crippen LogP) is 1.24. The minimum Gasteiger partial charge on any atom is -0.324 e. The van der Waals surface area contributed by atoms with E-state index in [4.69, 9.17) is 10.6 Å². The molecule has 1 heterocycles. The van der Waals surface area contributed by atoms with Crippen molar-refractivity contribution in [2.75, 3.05) is 13.2 Å². The van der Waals surface area contributed by atoms with Gasteiger partial charge in [0.1, 0.15) is 0 Å². The molecule has 16 heavy (non-hydrogen) atoms. The molecule has 1 saturated heterocycles. The molecular formula is C12H16N2O2. The maximum absolute atomic E-state index is 11.7. The van der Waals surface area contributed by atoms with Crippen molar-refractivity contribution in [1.82, 2.24) is 5.06 Å². The quantitative estimate of drug-likeness (QED) is 0.833. The molecule has 1 aromatic carbocycles. The molecule has 1 atom stereocenters. The molecule has 0 aromatic heterocycles. The molecule has 4 heteroatoms. The highest BCUT2D eigenvalue weighted by Gasteiger charge is 2.21. The molecular weight excluding hydrogens is 204 g/mol. The standard InChI is InChI=1S/C12H16N2O2/c13-11(10-5-2-1-3-6-10)9-12(15)14-7-4-8-16-14/h1-3,5-6,11H,4,7-9,13H2. The fourth-order valence-electron chi connectivity index (χ4n) is 1.75. The average molecular weight is 220 g/mol. The van der Waals surface area contributed by atoms with Crippen LogP contribution in [0.2, 0.25) is 0 Å².